The first-order chi connectivity index (χ1) is 8.58. The number of rotatable bonds is 4. The van der Waals surface area contributed by atoms with E-state index < -0.39 is 0 Å². The third-order valence-electron chi connectivity index (χ3n) is 3.81. The number of nitrogens with one attached hydrogen (secondary N) is 1. The van der Waals surface area contributed by atoms with Crippen LogP contribution in [0, 0.1) is 18.8 Å². The Hall–Kier alpha value is -0.900. The molecule has 1 saturated carbocycles. The van der Waals surface area contributed by atoms with E-state index in [1.807, 2.05) is 6.92 Å². The van der Waals surface area contributed by atoms with E-state index in [2.05, 4.69) is 16.6 Å². The Kier molecular flexibility index (Phi) is 4.38. The van der Waals surface area contributed by atoms with Gasteiger partial charge in [0.2, 0.25) is 0 Å². The van der Waals surface area contributed by atoms with E-state index in [0.717, 1.165) is 34.6 Å². The van der Waals surface area contributed by atoms with Gasteiger partial charge in [-0.1, -0.05) is 19.8 Å². The maximum absolute atomic E-state index is 11.6. The van der Waals surface area contributed by atoms with Crippen molar-refractivity contribution in [2.75, 3.05) is 11.9 Å². The van der Waals surface area contributed by atoms with Crippen LogP contribution in [0.5, 0.6) is 0 Å². The van der Waals surface area contributed by atoms with Crippen LogP contribution in [0.1, 0.15) is 55.6 Å². The molecule has 1 heterocycles. The van der Waals surface area contributed by atoms with Gasteiger partial charge in [0, 0.05) is 6.54 Å². The number of aryl methyl sites for hydroxylation is 1. The molecule has 100 valence electrons. The van der Waals surface area contributed by atoms with Gasteiger partial charge in [0.15, 0.2) is 5.78 Å². The lowest BCUT2D eigenvalue weighted by atomic mass is 9.82. The summed E-state index contributed by atoms with van der Waals surface area (Å²) in [6, 6.07) is 0. The second kappa shape index (κ2) is 5.83. The molecular formula is C14H22N2OS. The van der Waals surface area contributed by atoms with Crippen molar-refractivity contribution >= 4 is 22.3 Å². The van der Waals surface area contributed by atoms with Crippen molar-refractivity contribution in [1.29, 1.82) is 0 Å². The molecule has 1 aliphatic rings. The number of hydrogen-bond acceptors (Lipinski definition) is 4. The van der Waals surface area contributed by atoms with E-state index in [1.165, 1.54) is 37.2 Å². The molecule has 1 N–H and O–H groups in total. The first-order valence-electron chi connectivity index (χ1n) is 6.79. The van der Waals surface area contributed by atoms with Crippen LogP contribution in [0.25, 0.3) is 0 Å². The molecule has 1 fully saturated rings. The number of nitrogens with zero attached hydrogens (tertiary/aromatic N) is 1. The topological polar surface area (TPSA) is 42.0 Å². The first-order valence-corrected chi connectivity index (χ1v) is 7.56. The predicted octanol–water partition coefficient (Wildman–Crippen LogP) is 3.89. The maximum atomic E-state index is 11.6. The van der Waals surface area contributed by atoms with Gasteiger partial charge < -0.3 is 5.32 Å². The van der Waals surface area contributed by atoms with Crippen molar-refractivity contribution in [2.24, 2.45) is 11.8 Å². The summed E-state index contributed by atoms with van der Waals surface area (Å²) in [5, 5.41) is 4.40. The zero-order valence-corrected chi connectivity index (χ0v) is 12.3. The van der Waals surface area contributed by atoms with Crippen LogP contribution in [-0.4, -0.2) is 16.7 Å². The Balaban J connectivity index is 1.96. The van der Waals surface area contributed by atoms with Crippen molar-refractivity contribution < 1.29 is 4.79 Å². The molecule has 1 aromatic rings. The maximum Gasteiger partial charge on any atom is 0.164 e. The van der Waals surface area contributed by atoms with Gasteiger partial charge in [0.25, 0.3) is 0 Å². The minimum atomic E-state index is 0.112. The Bertz CT molecular complexity index is 427. The minimum Gasteiger partial charge on any atom is -0.375 e. The van der Waals surface area contributed by atoms with Gasteiger partial charge in [-0.3, -0.25) is 4.79 Å². The van der Waals surface area contributed by atoms with Crippen LogP contribution >= 0.6 is 11.5 Å². The highest BCUT2D eigenvalue weighted by molar-refractivity contribution is 7.10. The lowest BCUT2D eigenvalue weighted by molar-refractivity contribution is 0.101. The van der Waals surface area contributed by atoms with Crippen LogP contribution < -0.4 is 5.32 Å². The quantitative estimate of drug-likeness (QED) is 0.841. The summed E-state index contributed by atoms with van der Waals surface area (Å²) in [5.74, 6) is 1.71. The molecule has 0 bridgehead atoms. The fourth-order valence-electron chi connectivity index (χ4n) is 2.89. The second-order valence-electron chi connectivity index (χ2n) is 5.55. The van der Waals surface area contributed by atoms with E-state index in [9.17, 15) is 4.79 Å². The summed E-state index contributed by atoms with van der Waals surface area (Å²) in [4.78, 5) is 11.6. The van der Waals surface area contributed by atoms with Gasteiger partial charge in [-0.2, -0.15) is 4.37 Å². The third-order valence-corrected chi connectivity index (χ3v) is 4.71. The van der Waals surface area contributed by atoms with Crippen LogP contribution in [0.2, 0.25) is 0 Å². The summed E-state index contributed by atoms with van der Waals surface area (Å²) in [6.45, 7) is 6.84. The van der Waals surface area contributed by atoms with Gasteiger partial charge >= 0.3 is 0 Å². The molecule has 4 heteroatoms. The van der Waals surface area contributed by atoms with Crippen LogP contribution in [0.4, 0.5) is 5.00 Å². The zero-order valence-electron chi connectivity index (χ0n) is 11.5. The summed E-state index contributed by atoms with van der Waals surface area (Å²) < 4.78 is 4.27. The largest absolute Gasteiger partial charge is 0.375 e. The molecule has 2 unspecified atom stereocenters. The normalized spacial score (nSPS) is 23.9. The lowest BCUT2D eigenvalue weighted by Gasteiger charge is -2.26. The van der Waals surface area contributed by atoms with Gasteiger partial charge in [-0.05, 0) is 50.1 Å². The van der Waals surface area contributed by atoms with E-state index in [0.29, 0.717) is 0 Å². The van der Waals surface area contributed by atoms with Crippen molar-refractivity contribution in [1.82, 2.24) is 4.37 Å². The van der Waals surface area contributed by atoms with Gasteiger partial charge in [0.05, 0.1) is 11.3 Å². The number of ketones is 1. The highest BCUT2D eigenvalue weighted by Gasteiger charge is 2.20. The fourth-order valence-corrected chi connectivity index (χ4v) is 3.74. The highest BCUT2D eigenvalue weighted by atomic mass is 32.1. The number of anilines is 1. The molecule has 1 aromatic heterocycles. The van der Waals surface area contributed by atoms with Gasteiger partial charge in [0.1, 0.15) is 5.00 Å². The van der Waals surface area contributed by atoms with Crippen molar-refractivity contribution in [3.8, 4) is 0 Å². The standard InChI is InChI=1S/C14H22N2OS/c1-9-5-4-6-12(7-9)8-15-14-13(11(3)17)10(2)16-18-14/h9,12,15H,4-8H2,1-3H3. The van der Waals surface area contributed by atoms with E-state index in [-0.39, 0.29) is 5.78 Å². The summed E-state index contributed by atoms with van der Waals surface area (Å²) >= 11 is 1.41. The average Bonchev–Trinajstić information content (AvgIpc) is 2.68. The SMILES string of the molecule is CC(=O)c1c(C)nsc1NCC1CCCC(C)C1. The number of carbonyl (C=O) groups excluding carboxylic acids is 1. The zero-order chi connectivity index (χ0) is 13.1. The summed E-state index contributed by atoms with van der Waals surface area (Å²) in [7, 11) is 0. The van der Waals surface area contributed by atoms with Gasteiger partial charge in [-0.15, -0.1) is 0 Å². The number of Topliss-reactive ketones (excluding diaryl/α,β-unsaturated/α-hetero) is 1. The molecule has 3 nitrogen and oxygen atoms in total. The third kappa shape index (κ3) is 3.10. The first kappa shape index (κ1) is 13.5. The van der Waals surface area contributed by atoms with Crippen LogP contribution in [0.15, 0.2) is 0 Å². The minimum absolute atomic E-state index is 0.112. The predicted molar refractivity (Wildman–Crippen MR) is 76.5 cm³/mol. The second-order valence-corrected chi connectivity index (χ2v) is 6.32. The molecule has 0 spiro atoms. The Morgan fingerprint density at radius 3 is 2.94 bits per heavy atom. The van der Waals surface area contributed by atoms with Crippen molar-refractivity contribution in [3.05, 3.63) is 11.3 Å². The Morgan fingerprint density at radius 1 is 1.50 bits per heavy atom. The highest BCUT2D eigenvalue weighted by Crippen LogP contribution is 2.30. The van der Waals surface area contributed by atoms with Crippen molar-refractivity contribution in [2.45, 2.75) is 46.5 Å². The molecule has 0 saturated heterocycles. The van der Waals surface area contributed by atoms with E-state index in [1.54, 1.807) is 6.92 Å². The summed E-state index contributed by atoms with van der Waals surface area (Å²) in [6.07, 6.45) is 5.33. The Labute approximate surface area is 113 Å². The van der Waals surface area contributed by atoms with E-state index in [4.69, 9.17) is 0 Å². The van der Waals surface area contributed by atoms with Gasteiger partial charge in [-0.25, -0.2) is 0 Å². The van der Waals surface area contributed by atoms with Crippen molar-refractivity contribution in [3.63, 3.8) is 0 Å². The molecule has 0 aromatic carbocycles. The molecule has 0 amide bonds. The molecule has 0 aliphatic heterocycles. The number of hydrogen-bond donors (Lipinski definition) is 1. The molecule has 0 radical (unpaired) electrons. The number of carbonyl (C=O) groups is 1. The smallest absolute Gasteiger partial charge is 0.164 e. The molecule has 2 atom stereocenters. The number of aromatic nitrogens is 1. The molecular weight excluding hydrogens is 244 g/mol. The van der Waals surface area contributed by atoms with E-state index >= 15 is 0 Å². The summed E-state index contributed by atoms with van der Waals surface area (Å²) in [5.41, 5.74) is 1.64. The lowest BCUT2D eigenvalue weighted by Crippen LogP contribution is -2.21. The molecule has 1 aliphatic carbocycles. The van der Waals surface area contributed by atoms with Crippen LogP contribution in [0.3, 0.4) is 0 Å². The monoisotopic (exact) mass is 266 g/mol. The molecule has 18 heavy (non-hydrogen) atoms. The molecule has 2 rings (SSSR count). The average molecular weight is 266 g/mol. The van der Waals surface area contributed by atoms with Crippen LogP contribution in [-0.2, 0) is 0 Å². The fraction of sp³-hybridized carbons (Fsp3) is 0.714. The Morgan fingerprint density at radius 2 is 2.28 bits per heavy atom.